The maximum absolute atomic E-state index is 12.4. The third-order valence-electron chi connectivity index (χ3n) is 3.62. The Morgan fingerprint density at radius 3 is 2.44 bits per heavy atom. The number of aliphatic hydroxyl groups excluding tert-OH is 1. The molecule has 1 saturated heterocycles. The molecule has 1 aliphatic rings. The second-order valence-electron chi connectivity index (χ2n) is 5.46. The van der Waals surface area contributed by atoms with Crippen molar-refractivity contribution in [2.45, 2.75) is 33.3 Å². The van der Waals surface area contributed by atoms with Crippen LogP contribution in [0.25, 0.3) is 0 Å². The molecule has 0 spiro atoms. The lowest BCUT2D eigenvalue weighted by Crippen LogP contribution is -2.45. The Hall–Kier alpha value is -1.35. The van der Waals surface area contributed by atoms with Crippen LogP contribution < -0.4 is 0 Å². The molecule has 3 nitrogen and oxygen atoms in total. The van der Waals surface area contributed by atoms with Gasteiger partial charge in [0.15, 0.2) is 0 Å². The zero-order valence-electron chi connectivity index (χ0n) is 11.3. The number of aliphatic hydroxyl groups is 1. The molecule has 1 aromatic carbocycles. The number of amides is 1. The lowest BCUT2D eigenvalue weighted by molar-refractivity contribution is 0.0297. The molecule has 0 saturated carbocycles. The van der Waals surface area contributed by atoms with Crippen molar-refractivity contribution in [2.75, 3.05) is 13.1 Å². The summed E-state index contributed by atoms with van der Waals surface area (Å²) in [4.78, 5) is 14.3. The van der Waals surface area contributed by atoms with Gasteiger partial charge in [0, 0.05) is 18.7 Å². The van der Waals surface area contributed by atoms with E-state index in [9.17, 15) is 9.90 Å². The summed E-state index contributed by atoms with van der Waals surface area (Å²) in [5.41, 5.74) is 2.99. The van der Waals surface area contributed by atoms with Gasteiger partial charge >= 0.3 is 0 Å². The fourth-order valence-corrected chi connectivity index (χ4v) is 2.60. The van der Waals surface area contributed by atoms with Crippen molar-refractivity contribution in [2.24, 2.45) is 5.92 Å². The lowest BCUT2D eigenvalue weighted by atomic mass is 9.96. The van der Waals surface area contributed by atoms with Crippen LogP contribution in [0, 0.1) is 19.8 Å². The number of rotatable bonds is 1. The molecule has 0 aliphatic carbocycles. The first-order chi connectivity index (χ1) is 8.47. The van der Waals surface area contributed by atoms with Gasteiger partial charge in [-0.05, 0) is 38.3 Å². The average Bonchev–Trinajstić information content (AvgIpc) is 2.30. The smallest absolute Gasteiger partial charge is 0.253 e. The SMILES string of the molecule is Cc1cc(C)cc(C(=O)N2CCC(O)C(C)C2)c1. The second kappa shape index (κ2) is 5.11. The molecule has 0 radical (unpaired) electrons. The molecule has 0 bridgehead atoms. The predicted molar refractivity (Wildman–Crippen MR) is 71.6 cm³/mol. The molecule has 1 aromatic rings. The van der Waals surface area contributed by atoms with Crippen molar-refractivity contribution in [1.82, 2.24) is 4.90 Å². The van der Waals surface area contributed by atoms with Crippen LogP contribution in [0.4, 0.5) is 0 Å². The summed E-state index contributed by atoms with van der Waals surface area (Å²) < 4.78 is 0. The first-order valence-corrected chi connectivity index (χ1v) is 6.53. The standard InChI is InChI=1S/C15H21NO2/c1-10-6-11(2)8-13(7-10)15(18)16-5-4-14(17)12(3)9-16/h6-8,12,14,17H,4-5,9H2,1-3H3. The average molecular weight is 247 g/mol. The molecule has 0 aromatic heterocycles. The summed E-state index contributed by atoms with van der Waals surface area (Å²) in [7, 11) is 0. The molecule has 3 heteroatoms. The number of benzene rings is 1. The second-order valence-corrected chi connectivity index (χ2v) is 5.46. The number of nitrogens with zero attached hydrogens (tertiary/aromatic N) is 1. The monoisotopic (exact) mass is 247 g/mol. The van der Waals surface area contributed by atoms with E-state index in [-0.39, 0.29) is 17.9 Å². The zero-order valence-corrected chi connectivity index (χ0v) is 11.3. The van der Waals surface area contributed by atoms with Crippen LogP contribution in [0.3, 0.4) is 0 Å². The van der Waals surface area contributed by atoms with E-state index >= 15 is 0 Å². The highest BCUT2D eigenvalue weighted by Gasteiger charge is 2.27. The van der Waals surface area contributed by atoms with E-state index < -0.39 is 0 Å². The third kappa shape index (κ3) is 2.72. The fourth-order valence-electron chi connectivity index (χ4n) is 2.60. The molecule has 1 fully saturated rings. The van der Waals surface area contributed by atoms with Gasteiger partial charge in [0.05, 0.1) is 6.10 Å². The molecule has 2 unspecified atom stereocenters. The topological polar surface area (TPSA) is 40.5 Å². The maximum Gasteiger partial charge on any atom is 0.253 e. The molecule has 1 aliphatic heterocycles. The first-order valence-electron chi connectivity index (χ1n) is 6.53. The Morgan fingerprint density at radius 1 is 1.28 bits per heavy atom. The lowest BCUT2D eigenvalue weighted by Gasteiger charge is -2.34. The molecule has 2 rings (SSSR count). The van der Waals surface area contributed by atoms with Gasteiger partial charge in [-0.2, -0.15) is 0 Å². The quantitative estimate of drug-likeness (QED) is 0.826. The summed E-state index contributed by atoms with van der Waals surface area (Å²) in [6.07, 6.45) is 0.408. The summed E-state index contributed by atoms with van der Waals surface area (Å²) in [5, 5.41) is 9.70. The molecule has 2 atom stereocenters. The largest absolute Gasteiger partial charge is 0.393 e. The maximum atomic E-state index is 12.4. The molecule has 1 amide bonds. The van der Waals surface area contributed by atoms with Gasteiger partial charge in [-0.3, -0.25) is 4.79 Å². The fraction of sp³-hybridized carbons (Fsp3) is 0.533. The highest BCUT2D eigenvalue weighted by Crippen LogP contribution is 2.19. The highest BCUT2D eigenvalue weighted by atomic mass is 16.3. The minimum absolute atomic E-state index is 0.0838. The molecule has 18 heavy (non-hydrogen) atoms. The van der Waals surface area contributed by atoms with E-state index in [1.165, 1.54) is 0 Å². The van der Waals surface area contributed by atoms with Crippen LogP contribution in [0.2, 0.25) is 0 Å². The highest BCUT2D eigenvalue weighted by molar-refractivity contribution is 5.94. The van der Waals surface area contributed by atoms with Crippen molar-refractivity contribution in [1.29, 1.82) is 0 Å². The molecular formula is C15H21NO2. The Balaban J connectivity index is 2.16. The first kappa shape index (κ1) is 13.1. The minimum Gasteiger partial charge on any atom is -0.393 e. The predicted octanol–water partition coefficient (Wildman–Crippen LogP) is 2.15. The Labute approximate surface area is 108 Å². The normalized spacial score (nSPS) is 24.1. The van der Waals surface area contributed by atoms with E-state index in [1.54, 1.807) is 0 Å². The van der Waals surface area contributed by atoms with Gasteiger partial charge < -0.3 is 10.0 Å². The number of likely N-dealkylation sites (tertiary alicyclic amines) is 1. The van der Waals surface area contributed by atoms with Crippen molar-refractivity contribution >= 4 is 5.91 Å². The summed E-state index contributed by atoms with van der Waals surface area (Å²) in [6, 6.07) is 5.94. The third-order valence-corrected chi connectivity index (χ3v) is 3.62. The number of hydrogen-bond acceptors (Lipinski definition) is 2. The Bertz CT molecular complexity index is 436. The van der Waals surface area contributed by atoms with Crippen molar-refractivity contribution < 1.29 is 9.90 Å². The van der Waals surface area contributed by atoms with E-state index in [4.69, 9.17) is 0 Å². The van der Waals surface area contributed by atoms with Crippen molar-refractivity contribution in [3.05, 3.63) is 34.9 Å². The Morgan fingerprint density at radius 2 is 1.89 bits per heavy atom. The van der Waals surface area contributed by atoms with E-state index in [2.05, 4.69) is 6.07 Å². The van der Waals surface area contributed by atoms with Crippen LogP contribution in [0.15, 0.2) is 18.2 Å². The van der Waals surface area contributed by atoms with Gasteiger partial charge in [-0.1, -0.05) is 24.1 Å². The molecule has 1 heterocycles. The van der Waals surface area contributed by atoms with Gasteiger partial charge in [0.2, 0.25) is 0 Å². The number of hydrogen-bond donors (Lipinski definition) is 1. The van der Waals surface area contributed by atoms with E-state index in [1.807, 2.05) is 37.8 Å². The summed E-state index contributed by atoms with van der Waals surface area (Å²) >= 11 is 0. The zero-order chi connectivity index (χ0) is 13.3. The van der Waals surface area contributed by atoms with E-state index in [0.29, 0.717) is 19.5 Å². The van der Waals surface area contributed by atoms with Gasteiger partial charge in [-0.15, -0.1) is 0 Å². The van der Waals surface area contributed by atoms with Crippen LogP contribution in [-0.4, -0.2) is 35.1 Å². The van der Waals surface area contributed by atoms with E-state index in [0.717, 1.165) is 16.7 Å². The van der Waals surface area contributed by atoms with Gasteiger partial charge in [-0.25, -0.2) is 0 Å². The molecule has 98 valence electrons. The van der Waals surface area contributed by atoms with Gasteiger partial charge in [0.25, 0.3) is 5.91 Å². The number of carbonyl (C=O) groups excluding carboxylic acids is 1. The number of piperidine rings is 1. The van der Waals surface area contributed by atoms with Crippen molar-refractivity contribution in [3.63, 3.8) is 0 Å². The number of carbonyl (C=O) groups is 1. The molecule has 1 N–H and O–H groups in total. The van der Waals surface area contributed by atoms with Crippen LogP contribution in [-0.2, 0) is 0 Å². The Kier molecular flexibility index (Phi) is 3.71. The van der Waals surface area contributed by atoms with Crippen LogP contribution in [0.1, 0.15) is 34.8 Å². The van der Waals surface area contributed by atoms with Gasteiger partial charge in [0.1, 0.15) is 0 Å². The minimum atomic E-state index is -0.270. The van der Waals surface area contributed by atoms with Crippen LogP contribution in [0.5, 0.6) is 0 Å². The summed E-state index contributed by atoms with van der Waals surface area (Å²) in [5.74, 6) is 0.245. The molecular weight excluding hydrogens is 226 g/mol. The number of aryl methyl sites for hydroxylation is 2. The summed E-state index contributed by atoms with van der Waals surface area (Å²) in [6.45, 7) is 7.30. The van der Waals surface area contributed by atoms with Crippen LogP contribution >= 0.6 is 0 Å². The van der Waals surface area contributed by atoms with Crippen molar-refractivity contribution in [3.8, 4) is 0 Å².